The quantitative estimate of drug-likeness (QED) is 0.159. The van der Waals surface area contributed by atoms with Crippen molar-refractivity contribution in [1.82, 2.24) is 19.8 Å². The zero-order valence-corrected chi connectivity index (χ0v) is 24.6. The molecule has 0 bridgehead atoms. The van der Waals surface area contributed by atoms with Crippen molar-refractivity contribution >= 4 is 30.8 Å². The number of nitrogens with one attached hydrogen (secondary N) is 2. The van der Waals surface area contributed by atoms with E-state index in [1.54, 1.807) is 0 Å². The maximum atomic E-state index is 15.0. The van der Waals surface area contributed by atoms with E-state index in [1.165, 1.54) is 10.8 Å². The Morgan fingerprint density at radius 2 is 1.83 bits per heavy atom. The molecule has 15 heteroatoms. The van der Waals surface area contributed by atoms with Gasteiger partial charge in [0.2, 0.25) is 5.82 Å². The second-order valence-electron chi connectivity index (χ2n) is 11.0. The van der Waals surface area contributed by atoms with E-state index in [-0.39, 0.29) is 24.7 Å². The lowest BCUT2D eigenvalue weighted by Crippen LogP contribution is -2.42. The number of carbonyl (C=O) groups excluding carboxylic acids is 1. The lowest BCUT2D eigenvalue weighted by atomic mass is 10.2. The number of pyridine rings is 1. The van der Waals surface area contributed by atoms with Crippen LogP contribution in [0.4, 0.5) is 32.4 Å². The Morgan fingerprint density at radius 1 is 1.10 bits per heavy atom. The molecule has 4 rings (SSSR count). The van der Waals surface area contributed by atoms with Gasteiger partial charge in [-0.3, -0.25) is 4.90 Å². The van der Waals surface area contributed by atoms with Gasteiger partial charge in [-0.05, 0) is 24.2 Å². The molecule has 1 aromatic carbocycles. The minimum absolute atomic E-state index is 0.0826. The van der Waals surface area contributed by atoms with Gasteiger partial charge in [0.25, 0.3) is 0 Å². The largest absolute Gasteiger partial charge is 0.453 e. The molecule has 3 aromatic rings. The van der Waals surface area contributed by atoms with Gasteiger partial charge in [0.15, 0.2) is 11.6 Å². The summed E-state index contributed by atoms with van der Waals surface area (Å²) in [5.41, 5.74) is -1.59. The molecule has 0 aliphatic carbocycles. The van der Waals surface area contributed by atoms with Crippen LogP contribution in [0.25, 0.3) is 11.0 Å². The number of anilines is 1. The fourth-order valence-electron chi connectivity index (χ4n) is 4.27. The molecular formula is C27H34F5N5O4Si. The summed E-state index contributed by atoms with van der Waals surface area (Å²) in [6.07, 6.45) is -2.71. The van der Waals surface area contributed by atoms with Crippen LogP contribution in [-0.4, -0.2) is 74.6 Å². The minimum Gasteiger partial charge on any atom is -0.453 e. The summed E-state index contributed by atoms with van der Waals surface area (Å²) in [5, 5.41) is 4.39. The Labute approximate surface area is 240 Å². The lowest BCUT2D eigenvalue weighted by molar-refractivity contribution is -0.136. The number of halogens is 5. The van der Waals surface area contributed by atoms with Crippen LogP contribution in [0.3, 0.4) is 0 Å². The number of alkyl halides is 3. The predicted molar refractivity (Wildman–Crippen MR) is 150 cm³/mol. The minimum atomic E-state index is -4.78. The first kappa shape index (κ1) is 31.7. The molecule has 230 valence electrons. The van der Waals surface area contributed by atoms with Crippen LogP contribution in [0.15, 0.2) is 30.6 Å². The Balaban J connectivity index is 1.49. The van der Waals surface area contributed by atoms with Gasteiger partial charge in [0.05, 0.1) is 29.9 Å². The summed E-state index contributed by atoms with van der Waals surface area (Å²) in [5.74, 6) is -3.93. The van der Waals surface area contributed by atoms with Gasteiger partial charge >= 0.3 is 12.2 Å². The van der Waals surface area contributed by atoms with Crippen LogP contribution in [-0.2, 0) is 22.4 Å². The Kier molecular flexibility index (Phi) is 10.1. The number of carbonyl (C=O) groups is 1. The van der Waals surface area contributed by atoms with Gasteiger partial charge in [-0.15, -0.1) is 0 Å². The first-order valence-electron chi connectivity index (χ1n) is 13.5. The molecule has 2 amide bonds. The molecule has 3 heterocycles. The molecule has 2 aromatic heterocycles. The third kappa shape index (κ3) is 8.17. The van der Waals surface area contributed by atoms with Crippen molar-refractivity contribution in [1.29, 1.82) is 0 Å². The average Bonchev–Trinajstić information content (AvgIpc) is 3.31. The Morgan fingerprint density at radius 3 is 2.52 bits per heavy atom. The third-order valence-electron chi connectivity index (χ3n) is 6.58. The zero-order chi connectivity index (χ0) is 30.5. The van der Waals surface area contributed by atoms with Gasteiger partial charge in [-0.25, -0.2) is 14.2 Å². The van der Waals surface area contributed by atoms with E-state index in [9.17, 15) is 26.7 Å². The van der Waals surface area contributed by atoms with Crippen LogP contribution in [0.2, 0.25) is 25.7 Å². The van der Waals surface area contributed by atoms with E-state index in [2.05, 4.69) is 40.2 Å². The second kappa shape index (κ2) is 13.4. The topological polar surface area (TPSA) is 89.9 Å². The first-order valence-corrected chi connectivity index (χ1v) is 17.2. The monoisotopic (exact) mass is 615 g/mol. The van der Waals surface area contributed by atoms with Crippen molar-refractivity contribution in [2.75, 3.05) is 51.3 Å². The van der Waals surface area contributed by atoms with E-state index < -0.39 is 54.3 Å². The van der Waals surface area contributed by atoms with E-state index in [4.69, 9.17) is 14.2 Å². The molecule has 0 radical (unpaired) electrons. The van der Waals surface area contributed by atoms with Gasteiger partial charge in [0.1, 0.15) is 18.1 Å². The molecule has 1 aliphatic heterocycles. The highest BCUT2D eigenvalue weighted by Crippen LogP contribution is 2.41. The number of hydrogen-bond donors (Lipinski definition) is 2. The maximum absolute atomic E-state index is 15.0. The molecule has 42 heavy (non-hydrogen) atoms. The van der Waals surface area contributed by atoms with Crippen molar-refractivity contribution in [3.05, 3.63) is 47.8 Å². The van der Waals surface area contributed by atoms with Crippen molar-refractivity contribution in [3.8, 4) is 11.5 Å². The summed E-state index contributed by atoms with van der Waals surface area (Å²) in [6.45, 7) is 10.2. The summed E-state index contributed by atoms with van der Waals surface area (Å²) < 4.78 is 89.3. The molecule has 0 atom stereocenters. The van der Waals surface area contributed by atoms with E-state index in [0.29, 0.717) is 26.4 Å². The van der Waals surface area contributed by atoms with Crippen LogP contribution in [0.5, 0.6) is 11.5 Å². The number of morpholine rings is 1. The Hall–Kier alpha value is -3.27. The molecule has 0 spiro atoms. The SMILES string of the molecule is C[Si](C)(C)CCOCn1cc(C(F)(F)F)c2c(Oc3ccc(NC(=O)NCCN4CCOCC4)c(F)c3F)ccnc21. The normalized spacial score (nSPS) is 14.8. The molecule has 1 fully saturated rings. The number of nitrogens with zero attached hydrogens (tertiary/aromatic N) is 3. The van der Waals surface area contributed by atoms with E-state index in [1.807, 2.05) is 0 Å². The molecule has 0 saturated carbocycles. The van der Waals surface area contributed by atoms with Crippen molar-refractivity contribution in [3.63, 3.8) is 0 Å². The predicted octanol–water partition coefficient (Wildman–Crippen LogP) is 5.89. The molecule has 9 nitrogen and oxygen atoms in total. The number of hydrogen-bond acceptors (Lipinski definition) is 6. The van der Waals surface area contributed by atoms with Crippen LogP contribution in [0.1, 0.15) is 5.56 Å². The van der Waals surface area contributed by atoms with Gasteiger partial charge in [-0.2, -0.15) is 17.6 Å². The Bertz CT molecular complexity index is 1390. The second-order valence-corrected chi connectivity index (χ2v) is 16.7. The highest BCUT2D eigenvalue weighted by molar-refractivity contribution is 6.76. The molecule has 1 aliphatic rings. The van der Waals surface area contributed by atoms with Crippen molar-refractivity contribution < 1.29 is 41.0 Å². The molecule has 1 saturated heterocycles. The summed E-state index contributed by atoms with van der Waals surface area (Å²) in [7, 11) is -1.41. The number of amides is 2. The number of benzene rings is 1. The van der Waals surface area contributed by atoms with E-state index in [0.717, 1.165) is 43.5 Å². The first-order chi connectivity index (χ1) is 19.8. The molecule has 0 unspecified atom stereocenters. The van der Waals surface area contributed by atoms with Crippen molar-refractivity contribution in [2.24, 2.45) is 0 Å². The van der Waals surface area contributed by atoms with Crippen LogP contribution in [0, 0.1) is 11.6 Å². The zero-order valence-electron chi connectivity index (χ0n) is 23.6. The van der Waals surface area contributed by atoms with Crippen LogP contribution >= 0.6 is 0 Å². The number of aromatic nitrogens is 2. The van der Waals surface area contributed by atoms with Gasteiger partial charge < -0.3 is 29.4 Å². The highest BCUT2D eigenvalue weighted by atomic mass is 28.3. The fourth-order valence-corrected chi connectivity index (χ4v) is 5.03. The van der Waals surface area contributed by atoms with Crippen LogP contribution < -0.4 is 15.4 Å². The molecular weight excluding hydrogens is 581 g/mol. The van der Waals surface area contributed by atoms with Crippen molar-refractivity contribution in [2.45, 2.75) is 38.6 Å². The maximum Gasteiger partial charge on any atom is 0.418 e. The molecule has 2 N–H and O–H groups in total. The van der Waals surface area contributed by atoms with Gasteiger partial charge in [0, 0.05) is 53.3 Å². The highest BCUT2D eigenvalue weighted by Gasteiger charge is 2.37. The average molecular weight is 616 g/mol. The van der Waals surface area contributed by atoms with E-state index >= 15 is 0 Å². The number of rotatable bonds is 11. The number of fused-ring (bicyclic) bond motifs is 1. The summed E-state index contributed by atoms with van der Waals surface area (Å²) in [6, 6.07) is 3.31. The third-order valence-corrected chi connectivity index (χ3v) is 8.29. The summed E-state index contributed by atoms with van der Waals surface area (Å²) in [4.78, 5) is 18.4. The van der Waals surface area contributed by atoms with Gasteiger partial charge in [-0.1, -0.05) is 19.6 Å². The lowest BCUT2D eigenvalue weighted by Gasteiger charge is -2.26. The smallest absolute Gasteiger partial charge is 0.418 e. The fraction of sp³-hybridized carbons (Fsp3) is 0.481. The summed E-state index contributed by atoms with van der Waals surface area (Å²) >= 11 is 0. The number of ether oxygens (including phenoxy) is 3. The standard InChI is InChI=1S/C27H34F5N5O4Si/c1-42(2,3)15-14-40-17-37-16-18(27(30,31)32)22-20(6-7-33-25(22)37)41-21-5-4-19(23(28)24(21)29)35-26(38)34-8-9-36-10-12-39-13-11-36/h4-7,16H,8-15,17H2,1-3H3,(H2,34,35,38). The number of urea groups is 1.